The van der Waals surface area contributed by atoms with Crippen LogP contribution in [0, 0.1) is 0 Å². The average molecular weight is 276 g/mol. The SMILES string of the molecule is CCc1cc(CN2CC(C)NCC23CCCC3)n(C)n1. The first-order valence-electron chi connectivity index (χ1n) is 8.13. The topological polar surface area (TPSA) is 33.1 Å². The number of hydrogen-bond acceptors (Lipinski definition) is 3. The summed E-state index contributed by atoms with van der Waals surface area (Å²) in [4.78, 5) is 2.73. The Balaban J connectivity index is 1.80. The lowest BCUT2D eigenvalue weighted by Crippen LogP contribution is -2.62. The lowest BCUT2D eigenvalue weighted by atomic mass is 9.91. The fourth-order valence-electron chi connectivity index (χ4n) is 3.91. The van der Waals surface area contributed by atoms with Crippen molar-refractivity contribution in [2.45, 2.75) is 64.1 Å². The summed E-state index contributed by atoms with van der Waals surface area (Å²) in [6.45, 7) is 7.85. The molecule has 1 saturated heterocycles. The van der Waals surface area contributed by atoms with E-state index in [9.17, 15) is 0 Å². The Morgan fingerprint density at radius 1 is 1.40 bits per heavy atom. The molecule has 1 unspecified atom stereocenters. The lowest BCUT2D eigenvalue weighted by molar-refractivity contribution is 0.0372. The second-order valence-corrected chi connectivity index (χ2v) is 6.70. The molecule has 1 aromatic heterocycles. The van der Waals surface area contributed by atoms with Gasteiger partial charge in [0.2, 0.25) is 0 Å². The molecule has 112 valence electrons. The van der Waals surface area contributed by atoms with Gasteiger partial charge in [0.1, 0.15) is 0 Å². The Kier molecular flexibility index (Phi) is 3.87. The summed E-state index contributed by atoms with van der Waals surface area (Å²) in [6, 6.07) is 2.88. The van der Waals surface area contributed by atoms with Crippen LogP contribution in [-0.2, 0) is 20.0 Å². The maximum atomic E-state index is 4.60. The Labute approximate surface area is 122 Å². The highest BCUT2D eigenvalue weighted by Crippen LogP contribution is 2.37. The first-order valence-corrected chi connectivity index (χ1v) is 8.13. The van der Waals surface area contributed by atoms with E-state index >= 15 is 0 Å². The smallest absolute Gasteiger partial charge is 0.0625 e. The lowest BCUT2D eigenvalue weighted by Gasteiger charge is -2.47. The van der Waals surface area contributed by atoms with Crippen LogP contribution in [0.1, 0.15) is 50.9 Å². The van der Waals surface area contributed by atoms with Crippen molar-refractivity contribution in [2.75, 3.05) is 13.1 Å². The fraction of sp³-hybridized carbons (Fsp3) is 0.812. The van der Waals surface area contributed by atoms with Gasteiger partial charge in [-0.15, -0.1) is 0 Å². The van der Waals surface area contributed by atoms with Crippen molar-refractivity contribution < 1.29 is 0 Å². The van der Waals surface area contributed by atoms with E-state index in [-0.39, 0.29) is 0 Å². The number of nitrogens with zero attached hydrogens (tertiary/aromatic N) is 3. The van der Waals surface area contributed by atoms with Crippen LogP contribution in [0.25, 0.3) is 0 Å². The standard InChI is InChI=1S/C16H28N4/c1-4-14-9-15(19(3)18-14)11-20-10-13(2)17-12-16(20)7-5-6-8-16/h9,13,17H,4-8,10-12H2,1-3H3. The van der Waals surface area contributed by atoms with Gasteiger partial charge in [-0.05, 0) is 32.3 Å². The van der Waals surface area contributed by atoms with Gasteiger partial charge in [-0.3, -0.25) is 9.58 Å². The summed E-state index contributed by atoms with van der Waals surface area (Å²) >= 11 is 0. The van der Waals surface area contributed by atoms with Gasteiger partial charge in [0.25, 0.3) is 0 Å². The summed E-state index contributed by atoms with van der Waals surface area (Å²) in [7, 11) is 2.08. The maximum Gasteiger partial charge on any atom is 0.0625 e. The van der Waals surface area contributed by atoms with Crippen LogP contribution in [0.5, 0.6) is 0 Å². The van der Waals surface area contributed by atoms with Gasteiger partial charge in [0.05, 0.1) is 11.4 Å². The molecule has 20 heavy (non-hydrogen) atoms. The maximum absolute atomic E-state index is 4.60. The molecule has 3 rings (SSSR count). The molecule has 2 heterocycles. The third-order valence-electron chi connectivity index (χ3n) is 5.22. The van der Waals surface area contributed by atoms with Crippen LogP contribution < -0.4 is 5.32 Å². The van der Waals surface area contributed by atoms with E-state index < -0.39 is 0 Å². The minimum absolute atomic E-state index is 0.406. The monoisotopic (exact) mass is 276 g/mol. The summed E-state index contributed by atoms with van der Waals surface area (Å²) in [5.74, 6) is 0. The second kappa shape index (κ2) is 5.49. The van der Waals surface area contributed by atoms with Crippen LogP contribution in [0.2, 0.25) is 0 Å². The molecule has 1 aromatic rings. The van der Waals surface area contributed by atoms with Crippen molar-refractivity contribution in [2.24, 2.45) is 7.05 Å². The zero-order valence-corrected chi connectivity index (χ0v) is 13.2. The highest BCUT2D eigenvalue weighted by Gasteiger charge is 2.42. The molecule has 1 spiro atoms. The van der Waals surface area contributed by atoms with E-state index in [2.05, 4.69) is 47.0 Å². The van der Waals surface area contributed by atoms with Gasteiger partial charge in [-0.2, -0.15) is 5.10 Å². The van der Waals surface area contributed by atoms with Crippen molar-refractivity contribution >= 4 is 0 Å². The Bertz CT molecular complexity index is 459. The number of nitrogens with one attached hydrogen (secondary N) is 1. The van der Waals surface area contributed by atoms with E-state index in [1.54, 1.807) is 0 Å². The quantitative estimate of drug-likeness (QED) is 0.917. The van der Waals surface area contributed by atoms with Crippen LogP contribution in [0.15, 0.2) is 6.07 Å². The molecule has 2 fully saturated rings. The van der Waals surface area contributed by atoms with Crippen molar-refractivity contribution in [3.05, 3.63) is 17.5 Å². The molecular weight excluding hydrogens is 248 g/mol. The van der Waals surface area contributed by atoms with E-state index in [1.165, 1.54) is 37.1 Å². The van der Waals surface area contributed by atoms with Crippen molar-refractivity contribution in [1.82, 2.24) is 20.0 Å². The first-order chi connectivity index (χ1) is 9.63. The number of piperazine rings is 1. The van der Waals surface area contributed by atoms with Gasteiger partial charge >= 0.3 is 0 Å². The molecule has 2 aliphatic rings. The summed E-state index contributed by atoms with van der Waals surface area (Å²) in [5.41, 5.74) is 2.98. The molecule has 1 aliphatic carbocycles. The van der Waals surface area contributed by atoms with Gasteiger partial charge in [0, 0.05) is 38.3 Å². The molecule has 1 atom stereocenters. The van der Waals surface area contributed by atoms with Gasteiger partial charge < -0.3 is 5.32 Å². The Morgan fingerprint density at radius 3 is 2.80 bits per heavy atom. The van der Waals surface area contributed by atoms with Gasteiger partial charge in [-0.25, -0.2) is 0 Å². The minimum Gasteiger partial charge on any atom is -0.311 e. The highest BCUT2D eigenvalue weighted by molar-refractivity contribution is 5.12. The van der Waals surface area contributed by atoms with Crippen LogP contribution in [-0.4, -0.2) is 39.4 Å². The number of aryl methyl sites for hydroxylation is 2. The van der Waals surface area contributed by atoms with Crippen molar-refractivity contribution in [3.63, 3.8) is 0 Å². The Morgan fingerprint density at radius 2 is 2.15 bits per heavy atom. The van der Waals surface area contributed by atoms with Crippen LogP contribution in [0.4, 0.5) is 0 Å². The van der Waals surface area contributed by atoms with E-state index in [0.29, 0.717) is 11.6 Å². The molecule has 0 bridgehead atoms. The molecule has 0 aromatic carbocycles. The minimum atomic E-state index is 0.406. The summed E-state index contributed by atoms with van der Waals surface area (Å²) < 4.78 is 2.08. The molecule has 0 radical (unpaired) electrons. The molecular formula is C16H28N4. The van der Waals surface area contributed by atoms with Gasteiger partial charge in [-0.1, -0.05) is 19.8 Å². The Hall–Kier alpha value is -0.870. The van der Waals surface area contributed by atoms with Crippen molar-refractivity contribution in [3.8, 4) is 0 Å². The normalized spacial score (nSPS) is 26.4. The fourth-order valence-corrected chi connectivity index (χ4v) is 3.91. The number of rotatable bonds is 3. The molecule has 4 heteroatoms. The summed E-state index contributed by atoms with van der Waals surface area (Å²) in [5, 5.41) is 8.30. The number of hydrogen-bond donors (Lipinski definition) is 1. The largest absolute Gasteiger partial charge is 0.311 e. The third-order valence-corrected chi connectivity index (χ3v) is 5.22. The molecule has 1 aliphatic heterocycles. The first kappa shape index (κ1) is 14.1. The zero-order valence-electron chi connectivity index (χ0n) is 13.2. The molecule has 1 N–H and O–H groups in total. The molecule has 1 saturated carbocycles. The molecule has 0 amide bonds. The molecule has 4 nitrogen and oxygen atoms in total. The average Bonchev–Trinajstić information content (AvgIpc) is 3.03. The van der Waals surface area contributed by atoms with E-state index in [1.807, 2.05) is 0 Å². The van der Waals surface area contributed by atoms with E-state index in [4.69, 9.17) is 0 Å². The predicted molar refractivity (Wildman–Crippen MR) is 81.7 cm³/mol. The third kappa shape index (κ3) is 2.51. The zero-order chi connectivity index (χ0) is 14.2. The van der Waals surface area contributed by atoms with Crippen molar-refractivity contribution in [1.29, 1.82) is 0 Å². The van der Waals surface area contributed by atoms with Crippen LogP contribution in [0.3, 0.4) is 0 Å². The highest BCUT2D eigenvalue weighted by atomic mass is 15.3. The van der Waals surface area contributed by atoms with Crippen LogP contribution >= 0.6 is 0 Å². The number of aromatic nitrogens is 2. The second-order valence-electron chi connectivity index (χ2n) is 6.70. The van der Waals surface area contributed by atoms with Gasteiger partial charge in [0.15, 0.2) is 0 Å². The summed E-state index contributed by atoms with van der Waals surface area (Å²) in [6.07, 6.45) is 6.50. The predicted octanol–water partition coefficient (Wildman–Crippen LogP) is 2.09. The van der Waals surface area contributed by atoms with E-state index in [0.717, 1.165) is 26.1 Å².